The van der Waals surface area contributed by atoms with Gasteiger partial charge in [-0.3, -0.25) is 9.59 Å². The third-order valence-corrected chi connectivity index (χ3v) is 8.07. The molecule has 4 rings (SSSR count). The Hall–Kier alpha value is -3.14. The van der Waals surface area contributed by atoms with E-state index >= 15 is 0 Å². The number of thiazole rings is 1. The predicted molar refractivity (Wildman–Crippen MR) is 155 cm³/mol. The number of likely N-dealkylation sites (tertiary alicyclic amines) is 1. The number of benzene rings is 1. The highest BCUT2D eigenvalue weighted by Crippen LogP contribution is 2.37. The van der Waals surface area contributed by atoms with E-state index in [0.717, 1.165) is 48.4 Å². The van der Waals surface area contributed by atoms with Crippen molar-refractivity contribution in [3.05, 3.63) is 44.9 Å². The molecule has 218 valence electrons. The molecule has 0 bridgehead atoms. The topological polar surface area (TPSA) is 101 Å². The zero-order valence-corrected chi connectivity index (χ0v) is 25.2. The Morgan fingerprint density at radius 1 is 1.23 bits per heavy atom. The number of aryl methyl sites for hydroxylation is 1. The van der Waals surface area contributed by atoms with Crippen LogP contribution in [0.15, 0.2) is 17.5 Å². The maximum absolute atomic E-state index is 13.9. The average Bonchev–Trinajstić information content (AvgIpc) is 3.57. The Morgan fingerprint density at radius 2 is 2.02 bits per heavy atom. The number of aromatic nitrogens is 1. The summed E-state index contributed by atoms with van der Waals surface area (Å²) in [5.41, 5.74) is 2.23. The van der Waals surface area contributed by atoms with Gasteiger partial charge in [0.15, 0.2) is 0 Å². The van der Waals surface area contributed by atoms with Gasteiger partial charge in [0.2, 0.25) is 0 Å². The molecule has 1 aromatic heterocycles. The first-order valence-corrected chi connectivity index (χ1v) is 15.2. The van der Waals surface area contributed by atoms with Gasteiger partial charge in [0.1, 0.15) is 16.4 Å². The Labute approximate surface area is 241 Å². The molecule has 0 radical (unpaired) electrons. The normalized spacial score (nSPS) is 16.7. The summed E-state index contributed by atoms with van der Waals surface area (Å²) in [6.45, 7) is 12.2. The second-order valence-corrected chi connectivity index (χ2v) is 12.4. The van der Waals surface area contributed by atoms with Gasteiger partial charge in [-0.1, -0.05) is 6.92 Å². The molecule has 0 aliphatic carbocycles. The second kappa shape index (κ2) is 13.0. The number of carbonyl (C=O) groups excluding carboxylic acids is 3. The van der Waals surface area contributed by atoms with Gasteiger partial charge in [0, 0.05) is 53.9 Å². The predicted octanol–water partition coefficient (Wildman–Crippen LogP) is 5.52. The molecule has 2 aliphatic heterocycles. The number of carbonyl (C=O) groups is 3. The SMILES string of the molecule is CCCN(CCCNC(=O)c1cc2c(c(C(=O)N3CCC[C@@H]3c3nc(C)cs3)c1)CCCO2)C(=O)OC(C)(C)C. The van der Waals surface area contributed by atoms with E-state index in [9.17, 15) is 14.4 Å². The number of nitrogens with zero attached hydrogens (tertiary/aromatic N) is 3. The Morgan fingerprint density at radius 3 is 2.73 bits per heavy atom. The number of rotatable bonds is 9. The first-order valence-electron chi connectivity index (χ1n) is 14.4. The van der Waals surface area contributed by atoms with Crippen LogP contribution in [-0.2, 0) is 11.2 Å². The standard InChI is InChI=1S/C30H42N4O5S/c1-6-13-33(29(37)39-30(3,4)5)14-9-12-31-26(35)21-17-23(22-10-8-16-38-25(22)18-21)28(36)34-15-7-11-24(34)27-32-20(2)19-40-27/h17-19,24H,6-16H2,1-5H3,(H,31,35)/t24-/m1/s1. The largest absolute Gasteiger partial charge is 0.493 e. The summed E-state index contributed by atoms with van der Waals surface area (Å²) in [5, 5.41) is 5.94. The lowest BCUT2D eigenvalue weighted by molar-refractivity contribution is 0.0248. The third kappa shape index (κ3) is 7.33. The summed E-state index contributed by atoms with van der Waals surface area (Å²) < 4.78 is 11.4. The highest BCUT2D eigenvalue weighted by Gasteiger charge is 2.35. The molecule has 3 amide bonds. The summed E-state index contributed by atoms with van der Waals surface area (Å²) in [5.74, 6) is 0.278. The van der Waals surface area contributed by atoms with Gasteiger partial charge in [-0.2, -0.15) is 0 Å². The van der Waals surface area contributed by atoms with Crippen LogP contribution in [0.2, 0.25) is 0 Å². The maximum Gasteiger partial charge on any atom is 0.410 e. The van der Waals surface area contributed by atoms with Crippen LogP contribution < -0.4 is 10.1 Å². The van der Waals surface area contributed by atoms with Crippen molar-refractivity contribution in [1.29, 1.82) is 0 Å². The van der Waals surface area contributed by atoms with Crippen molar-refractivity contribution in [2.24, 2.45) is 0 Å². The molecule has 40 heavy (non-hydrogen) atoms. The van der Waals surface area contributed by atoms with E-state index in [1.807, 2.05) is 44.9 Å². The Kier molecular flexibility index (Phi) is 9.71. The molecule has 1 N–H and O–H groups in total. The lowest BCUT2D eigenvalue weighted by Crippen LogP contribution is -2.39. The fraction of sp³-hybridized carbons (Fsp3) is 0.600. The molecule has 1 aromatic carbocycles. The zero-order chi connectivity index (χ0) is 28.9. The number of nitrogens with one attached hydrogen (secondary N) is 1. The number of hydrogen-bond donors (Lipinski definition) is 1. The smallest absolute Gasteiger partial charge is 0.410 e. The minimum absolute atomic E-state index is 0.0418. The highest BCUT2D eigenvalue weighted by atomic mass is 32.1. The Bertz CT molecular complexity index is 1220. The van der Waals surface area contributed by atoms with Gasteiger partial charge in [-0.15, -0.1) is 11.3 Å². The number of hydrogen-bond acceptors (Lipinski definition) is 7. The molecule has 1 atom stereocenters. The summed E-state index contributed by atoms with van der Waals surface area (Å²) in [7, 11) is 0. The first kappa shape index (κ1) is 29.8. The van der Waals surface area contributed by atoms with E-state index in [-0.39, 0.29) is 23.9 Å². The molecule has 1 saturated heterocycles. The lowest BCUT2D eigenvalue weighted by Gasteiger charge is -2.27. The lowest BCUT2D eigenvalue weighted by atomic mass is 9.95. The van der Waals surface area contributed by atoms with Crippen molar-refractivity contribution in [3.63, 3.8) is 0 Å². The van der Waals surface area contributed by atoms with Crippen LogP contribution in [0.5, 0.6) is 5.75 Å². The van der Waals surface area contributed by atoms with E-state index in [1.165, 1.54) is 0 Å². The van der Waals surface area contributed by atoms with E-state index in [0.29, 0.717) is 56.1 Å². The second-order valence-electron chi connectivity index (χ2n) is 11.5. The molecule has 2 aromatic rings. The molecule has 1 fully saturated rings. The third-order valence-electron chi connectivity index (χ3n) is 7.00. The van der Waals surface area contributed by atoms with E-state index in [2.05, 4.69) is 10.3 Å². The molecular formula is C30H42N4O5S. The molecule has 2 aliphatic rings. The van der Waals surface area contributed by atoms with Crippen molar-refractivity contribution in [2.75, 3.05) is 32.8 Å². The summed E-state index contributed by atoms with van der Waals surface area (Å²) >= 11 is 1.59. The molecule has 9 nitrogen and oxygen atoms in total. The maximum atomic E-state index is 13.9. The van der Waals surface area contributed by atoms with Crippen molar-refractivity contribution in [1.82, 2.24) is 20.1 Å². The minimum Gasteiger partial charge on any atom is -0.493 e. The Balaban J connectivity index is 1.45. The van der Waals surface area contributed by atoms with E-state index < -0.39 is 5.60 Å². The molecule has 0 unspecified atom stereocenters. The van der Waals surface area contributed by atoms with Crippen molar-refractivity contribution in [2.45, 2.75) is 84.8 Å². The highest BCUT2D eigenvalue weighted by molar-refractivity contribution is 7.09. The van der Waals surface area contributed by atoms with Crippen LogP contribution in [0.3, 0.4) is 0 Å². The van der Waals surface area contributed by atoms with Gasteiger partial charge < -0.3 is 24.6 Å². The fourth-order valence-corrected chi connectivity index (χ4v) is 6.14. The van der Waals surface area contributed by atoms with Gasteiger partial charge in [0.25, 0.3) is 11.8 Å². The molecule has 0 saturated carbocycles. The molecule has 10 heteroatoms. The number of amides is 3. The summed E-state index contributed by atoms with van der Waals surface area (Å²) in [6, 6.07) is 3.42. The van der Waals surface area contributed by atoms with E-state index in [4.69, 9.17) is 9.47 Å². The van der Waals surface area contributed by atoms with Gasteiger partial charge in [-0.25, -0.2) is 9.78 Å². The van der Waals surface area contributed by atoms with Crippen LogP contribution >= 0.6 is 11.3 Å². The molecule has 0 spiro atoms. The zero-order valence-electron chi connectivity index (χ0n) is 24.4. The van der Waals surface area contributed by atoms with Gasteiger partial charge in [-0.05, 0) is 78.4 Å². The monoisotopic (exact) mass is 570 g/mol. The number of fused-ring (bicyclic) bond motifs is 1. The summed E-state index contributed by atoms with van der Waals surface area (Å²) in [6.07, 6.45) is 4.44. The first-order chi connectivity index (χ1) is 19.1. The fourth-order valence-electron chi connectivity index (χ4n) is 5.20. The van der Waals surface area contributed by atoms with Crippen molar-refractivity contribution < 1.29 is 23.9 Å². The van der Waals surface area contributed by atoms with Crippen LogP contribution in [0.25, 0.3) is 0 Å². The van der Waals surface area contributed by atoms with Crippen molar-refractivity contribution in [3.8, 4) is 5.75 Å². The van der Waals surface area contributed by atoms with Gasteiger partial charge in [0.05, 0.1) is 12.6 Å². The summed E-state index contributed by atoms with van der Waals surface area (Å²) in [4.78, 5) is 47.9. The minimum atomic E-state index is -0.560. The number of ether oxygens (including phenoxy) is 2. The van der Waals surface area contributed by atoms with Crippen molar-refractivity contribution >= 4 is 29.2 Å². The van der Waals surface area contributed by atoms with Crippen LogP contribution in [-0.4, -0.2) is 71.1 Å². The molecule has 3 heterocycles. The average molecular weight is 571 g/mol. The van der Waals surface area contributed by atoms with Crippen LogP contribution in [0.4, 0.5) is 4.79 Å². The quantitative estimate of drug-likeness (QED) is 0.399. The van der Waals surface area contributed by atoms with Crippen LogP contribution in [0, 0.1) is 6.92 Å². The van der Waals surface area contributed by atoms with Crippen LogP contribution in [0.1, 0.15) is 103 Å². The molecular weight excluding hydrogens is 528 g/mol. The van der Waals surface area contributed by atoms with E-state index in [1.54, 1.807) is 28.4 Å². The van der Waals surface area contributed by atoms with Gasteiger partial charge >= 0.3 is 6.09 Å².